The highest BCUT2D eigenvalue weighted by Crippen LogP contribution is 2.31. The van der Waals surface area contributed by atoms with Gasteiger partial charge in [-0.05, 0) is 45.0 Å². The van der Waals surface area contributed by atoms with Gasteiger partial charge in [-0.2, -0.15) is 8.42 Å². The van der Waals surface area contributed by atoms with Crippen LogP contribution < -0.4 is 9.67 Å². The molecule has 0 unspecified atom stereocenters. The Labute approximate surface area is 180 Å². The van der Waals surface area contributed by atoms with Gasteiger partial charge in [-0.1, -0.05) is 0 Å². The average Bonchev–Trinajstić information content (AvgIpc) is 2.59. The van der Waals surface area contributed by atoms with Crippen molar-refractivity contribution < 1.29 is 26.5 Å². The van der Waals surface area contributed by atoms with Crippen molar-refractivity contribution in [2.75, 3.05) is 19.8 Å². The highest BCUT2D eigenvalue weighted by atomic mass is 32.2. The van der Waals surface area contributed by atoms with Gasteiger partial charge in [-0.3, -0.25) is 15.4 Å². The predicted octanol–water partition coefficient (Wildman–Crippen LogP) is 2.80. The van der Waals surface area contributed by atoms with Crippen molar-refractivity contribution in [3.63, 3.8) is 0 Å². The summed E-state index contributed by atoms with van der Waals surface area (Å²) in [7, 11) is -2.44. The summed E-state index contributed by atoms with van der Waals surface area (Å²) in [6.45, 7) is 5.03. The Balaban J connectivity index is 2.38. The highest BCUT2D eigenvalue weighted by molar-refractivity contribution is 7.86. The molecule has 0 atom stereocenters. The quantitative estimate of drug-likeness (QED) is 0.410. The summed E-state index contributed by atoms with van der Waals surface area (Å²) < 4.78 is 48.1. The Morgan fingerprint density at radius 2 is 1.87 bits per heavy atom. The lowest BCUT2D eigenvalue weighted by molar-refractivity contribution is 0.0322. The van der Waals surface area contributed by atoms with Crippen molar-refractivity contribution >= 4 is 22.0 Å². The van der Waals surface area contributed by atoms with Crippen molar-refractivity contribution in [2.24, 2.45) is 0 Å². The van der Waals surface area contributed by atoms with E-state index in [1.165, 1.54) is 40.9 Å². The standard InChI is InChI=1S/C20H25FN4O5S/c1-20(2,3)29-19(26)24(4)12-18(23)25-11-13(6-9-17(25)22)15-8-7-14(21)10-16(15)30-31(5,27)28/h6-11,22-23H,12H2,1-5H3. The van der Waals surface area contributed by atoms with Crippen LogP contribution in [0.5, 0.6) is 5.75 Å². The van der Waals surface area contributed by atoms with E-state index in [4.69, 9.17) is 19.7 Å². The molecule has 168 valence electrons. The second-order valence-corrected chi connectivity index (χ2v) is 9.46. The smallest absolute Gasteiger partial charge is 0.410 e. The molecule has 1 heterocycles. The molecule has 0 aliphatic rings. The average molecular weight is 453 g/mol. The number of halogens is 1. The van der Waals surface area contributed by atoms with E-state index in [1.54, 1.807) is 20.8 Å². The Morgan fingerprint density at radius 3 is 2.45 bits per heavy atom. The fraction of sp³-hybridized carbons (Fsp3) is 0.350. The third-order valence-electron chi connectivity index (χ3n) is 3.83. The topological polar surface area (TPSA) is 126 Å². The highest BCUT2D eigenvalue weighted by Gasteiger charge is 2.21. The van der Waals surface area contributed by atoms with Gasteiger partial charge in [-0.25, -0.2) is 9.18 Å². The molecule has 0 aliphatic carbocycles. The number of aromatic nitrogens is 1. The monoisotopic (exact) mass is 452 g/mol. The summed E-state index contributed by atoms with van der Waals surface area (Å²) in [6.07, 6.45) is 1.63. The Hall–Kier alpha value is -3.21. The minimum absolute atomic E-state index is 0.0426. The van der Waals surface area contributed by atoms with Gasteiger partial charge >= 0.3 is 16.2 Å². The summed E-state index contributed by atoms with van der Waals surface area (Å²) in [6, 6.07) is 6.34. The molecule has 2 N–H and O–H groups in total. The van der Waals surface area contributed by atoms with Gasteiger partial charge < -0.3 is 13.8 Å². The maximum Gasteiger partial charge on any atom is 0.410 e. The van der Waals surface area contributed by atoms with Crippen molar-refractivity contribution in [1.29, 1.82) is 10.8 Å². The van der Waals surface area contributed by atoms with Crippen LogP contribution in [0.4, 0.5) is 9.18 Å². The van der Waals surface area contributed by atoms with Crippen molar-refractivity contribution in [2.45, 2.75) is 26.4 Å². The summed E-state index contributed by atoms with van der Waals surface area (Å²) in [5.74, 6) is -1.00. The first kappa shape index (κ1) is 24.1. The van der Waals surface area contributed by atoms with E-state index in [0.717, 1.165) is 18.4 Å². The Kier molecular flexibility index (Phi) is 6.89. The number of carbonyl (C=O) groups excluding carboxylic acids is 1. The molecule has 9 nitrogen and oxygen atoms in total. The van der Waals surface area contributed by atoms with E-state index in [1.807, 2.05) is 0 Å². The summed E-state index contributed by atoms with van der Waals surface area (Å²) in [5, 5.41) is 16.4. The third kappa shape index (κ3) is 6.92. The van der Waals surface area contributed by atoms with Crippen LogP contribution in [0.1, 0.15) is 20.8 Å². The molecule has 0 saturated heterocycles. The molecule has 2 aromatic rings. The van der Waals surface area contributed by atoms with E-state index in [9.17, 15) is 17.6 Å². The van der Waals surface area contributed by atoms with Crippen molar-refractivity contribution in [3.05, 3.63) is 47.8 Å². The second kappa shape index (κ2) is 8.88. The maximum absolute atomic E-state index is 13.7. The number of ether oxygens (including phenoxy) is 1. The number of pyridine rings is 1. The van der Waals surface area contributed by atoms with Gasteiger partial charge in [0.05, 0.1) is 12.8 Å². The maximum atomic E-state index is 13.7. The van der Waals surface area contributed by atoms with Crippen LogP contribution in [0.15, 0.2) is 36.5 Å². The summed E-state index contributed by atoms with van der Waals surface area (Å²) >= 11 is 0. The third-order valence-corrected chi connectivity index (χ3v) is 4.31. The molecule has 1 aromatic carbocycles. The molecule has 0 saturated carbocycles. The van der Waals surface area contributed by atoms with Crippen molar-refractivity contribution in [1.82, 2.24) is 9.47 Å². The second-order valence-electron chi connectivity index (χ2n) is 7.88. The number of nitrogens with zero attached hydrogens (tertiary/aromatic N) is 2. The fourth-order valence-corrected chi connectivity index (χ4v) is 3.02. The zero-order chi connectivity index (χ0) is 23.6. The number of benzene rings is 1. The molecule has 2 rings (SSSR count). The molecule has 0 aliphatic heterocycles. The summed E-state index contributed by atoms with van der Waals surface area (Å²) in [5.41, 5.74) is -0.0908. The van der Waals surface area contributed by atoms with E-state index in [-0.39, 0.29) is 29.2 Å². The molecule has 11 heteroatoms. The minimum Gasteiger partial charge on any atom is -0.444 e. The minimum atomic E-state index is -3.91. The Bertz CT molecular complexity index is 1170. The van der Waals surface area contributed by atoms with Gasteiger partial charge in [0, 0.05) is 30.4 Å². The number of hydrogen-bond donors (Lipinski definition) is 2. The number of rotatable bonds is 5. The first-order valence-corrected chi connectivity index (χ1v) is 11.0. The SMILES string of the molecule is CN(CC(=N)n1cc(-c2ccc(F)cc2OS(C)(=O)=O)ccc1=N)C(=O)OC(C)(C)C. The van der Waals surface area contributed by atoms with Crippen LogP contribution in [0, 0.1) is 16.6 Å². The van der Waals surface area contributed by atoms with Crippen LogP contribution in [0.25, 0.3) is 11.1 Å². The first-order valence-electron chi connectivity index (χ1n) is 9.15. The molecule has 1 amide bonds. The number of hydrogen-bond acceptors (Lipinski definition) is 7. The lowest BCUT2D eigenvalue weighted by atomic mass is 10.1. The van der Waals surface area contributed by atoms with Crippen LogP contribution >= 0.6 is 0 Å². The largest absolute Gasteiger partial charge is 0.444 e. The van der Waals surface area contributed by atoms with E-state index < -0.39 is 27.6 Å². The molecule has 0 bridgehead atoms. The molecule has 0 radical (unpaired) electrons. The predicted molar refractivity (Wildman–Crippen MR) is 113 cm³/mol. The van der Waals surface area contributed by atoms with E-state index >= 15 is 0 Å². The first-order chi connectivity index (χ1) is 14.2. The van der Waals surface area contributed by atoms with Gasteiger partial charge in [0.1, 0.15) is 22.7 Å². The zero-order valence-corrected chi connectivity index (χ0v) is 18.7. The zero-order valence-electron chi connectivity index (χ0n) is 17.9. The lowest BCUT2D eigenvalue weighted by Crippen LogP contribution is -2.40. The van der Waals surface area contributed by atoms with Gasteiger partial charge in [0.15, 0.2) is 5.75 Å². The van der Waals surface area contributed by atoms with Crippen molar-refractivity contribution in [3.8, 4) is 16.9 Å². The molecule has 0 fully saturated rings. The molecular formula is C20H25FN4O5S. The fourth-order valence-electron chi connectivity index (χ4n) is 2.56. The van der Waals surface area contributed by atoms with Crippen LogP contribution in [-0.2, 0) is 14.9 Å². The number of carbonyl (C=O) groups is 1. The van der Waals surface area contributed by atoms with E-state index in [2.05, 4.69) is 0 Å². The lowest BCUT2D eigenvalue weighted by Gasteiger charge is -2.25. The van der Waals surface area contributed by atoms with Gasteiger partial charge in [0.2, 0.25) is 0 Å². The summed E-state index contributed by atoms with van der Waals surface area (Å²) in [4.78, 5) is 13.3. The molecule has 1 aromatic heterocycles. The normalized spacial score (nSPS) is 11.7. The van der Waals surface area contributed by atoms with Gasteiger partial charge in [0.25, 0.3) is 0 Å². The molecular weight excluding hydrogens is 427 g/mol. The Morgan fingerprint density at radius 1 is 1.23 bits per heavy atom. The van der Waals surface area contributed by atoms with Gasteiger partial charge in [-0.15, -0.1) is 0 Å². The van der Waals surface area contributed by atoms with Crippen LogP contribution in [0.2, 0.25) is 0 Å². The molecule has 31 heavy (non-hydrogen) atoms. The van der Waals surface area contributed by atoms with Crippen LogP contribution in [0.3, 0.4) is 0 Å². The number of likely N-dealkylation sites (N-methyl/N-ethyl adjacent to an activating group) is 1. The molecule has 0 spiro atoms. The van der Waals surface area contributed by atoms with E-state index in [0.29, 0.717) is 5.56 Å². The number of nitrogens with one attached hydrogen (secondary N) is 2. The number of amides is 1. The van der Waals surface area contributed by atoms with Crippen LogP contribution in [-0.4, -0.2) is 55.3 Å².